The molecule has 0 heterocycles. The van der Waals surface area contributed by atoms with Crippen LogP contribution in [0.2, 0.25) is 0 Å². The van der Waals surface area contributed by atoms with Crippen LogP contribution in [0, 0.1) is 10.1 Å². The van der Waals surface area contributed by atoms with Crippen LogP contribution in [-0.4, -0.2) is 17.5 Å². The number of rotatable bonds is 6. The third-order valence-electron chi connectivity index (χ3n) is 2.82. The molecule has 0 amide bonds. The Bertz CT molecular complexity index is 421. The normalized spacial score (nSPS) is 10.7. The van der Waals surface area contributed by atoms with Gasteiger partial charge in [-0.15, -0.1) is 0 Å². The molecular formula is C13H19BrN2O2. The first-order valence-electron chi connectivity index (χ1n) is 6.11. The van der Waals surface area contributed by atoms with Crippen molar-refractivity contribution in [2.24, 2.45) is 0 Å². The molecule has 4 nitrogen and oxygen atoms in total. The number of hydrogen-bond donors (Lipinski definition) is 0. The van der Waals surface area contributed by atoms with Gasteiger partial charge in [0.1, 0.15) is 0 Å². The lowest BCUT2D eigenvalue weighted by atomic mass is 10.1. The molecule has 0 saturated carbocycles. The van der Waals surface area contributed by atoms with Crippen LogP contribution >= 0.6 is 15.9 Å². The summed E-state index contributed by atoms with van der Waals surface area (Å²) in [6, 6.07) is 5.45. The number of non-ortho nitro benzene ring substituents is 1. The predicted octanol–water partition coefficient (Wildman–Crippen LogP) is 4.11. The quantitative estimate of drug-likeness (QED) is 0.451. The van der Waals surface area contributed by atoms with Crippen LogP contribution in [0.3, 0.4) is 0 Å². The van der Waals surface area contributed by atoms with Crippen molar-refractivity contribution in [3.8, 4) is 0 Å². The number of alkyl halides is 1. The Hall–Kier alpha value is -1.10. The summed E-state index contributed by atoms with van der Waals surface area (Å²) in [5.41, 5.74) is 2.19. The highest BCUT2D eigenvalue weighted by Gasteiger charge is 2.16. The number of halogens is 1. The molecule has 0 atom stereocenters. The van der Waals surface area contributed by atoms with Gasteiger partial charge in [0.05, 0.1) is 4.92 Å². The SMILES string of the molecule is CCCN(c1ccc([N+](=O)[O-])cc1CBr)C(C)C. The molecule has 0 aliphatic heterocycles. The molecule has 0 aliphatic carbocycles. The van der Waals surface area contributed by atoms with Crippen molar-refractivity contribution in [3.05, 3.63) is 33.9 Å². The van der Waals surface area contributed by atoms with E-state index >= 15 is 0 Å². The predicted molar refractivity (Wildman–Crippen MR) is 78.5 cm³/mol. The van der Waals surface area contributed by atoms with Crippen LogP contribution in [0.25, 0.3) is 0 Å². The van der Waals surface area contributed by atoms with Gasteiger partial charge < -0.3 is 4.90 Å². The summed E-state index contributed by atoms with van der Waals surface area (Å²) in [5.74, 6) is 0. The van der Waals surface area contributed by atoms with Gasteiger partial charge in [-0.2, -0.15) is 0 Å². The maximum Gasteiger partial charge on any atom is 0.269 e. The fourth-order valence-electron chi connectivity index (χ4n) is 1.97. The molecule has 0 radical (unpaired) electrons. The van der Waals surface area contributed by atoms with Crippen molar-refractivity contribution in [3.63, 3.8) is 0 Å². The second kappa shape index (κ2) is 6.73. The number of benzene rings is 1. The van der Waals surface area contributed by atoms with Crippen LogP contribution in [0.1, 0.15) is 32.8 Å². The zero-order valence-electron chi connectivity index (χ0n) is 11.0. The zero-order valence-corrected chi connectivity index (χ0v) is 12.6. The number of anilines is 1. The van der Waals surface area contributed by atoms with E-state index in [1.54, 1.807) is 12.1 Å². The fourth-order valence-corrected chi connectivity index (χ4v) is 2.42. The summed E-state index contributed by atoms with van der Waals surface area (Å²) in [6.45, 7) is 7.36. The van der Waals surface area contributed by atoms with E-state index in [9.17, 15) is 10.1 Å². The van der Waals surface area contributed by atoms with Gasteiger partial charge in [0.2, 0.25) is 0 Å². The lowest BCUT2D eigenvalue weighted by Crippen LogP contribution is -2.32. The number of nitro benzene ring substituents is 1. The maximum atomic E-state index is 10.8. The monoisotopic (exact) mass is 314 g/mol. The van der Waals surface area contributed by atoms with Crippen LogP contribution in [0.5, 0.6) is 0 Å². The molecule has 100 valence electrons. The van der Waals surface area contributed by atoms with E-state index in [0.29, 0.717) is 11.4 Å². The first-order chi connectivity index (χ1) is 8.51. The third-order valence-corrected chi connectivity index (χ3v) is 3.42. The summed E-state index contributed by atoms with van der Waals surface area (Å²) in [5, 5.41) is 11.4. The van der Waals surface area contributed by atoms with E-state index in [2.05, 4.69) is 41.6 Å². The van der Waals surface area contributed by atoms with Gasteiger partial charge in [0.25, 0.3) is 5.69 Å². The van der Waals surface area contributed by atoms with E-state index in [1.165, 1.54) is 0 Å². The molecule has 0 bridgehead atoms. The number of nitrogens with zero attached hydrogens (tertiary/aromatic N) is 2. The van der Waals surface area contributed by atoms with Crippen molar-refractivity contribution >= 4 is 27.3 Å². The topological polar surface area (TPSA) is 46.4 Å². The molecule has 0 spiro atoms. The van der Waals surface area contributed by atoms with E-state index in [-0.39, 0.29) is 10.6 Å². The van der Waals surface area contributed by atoms with Crippen LogP contribution < -0.4 is 4.90 Å². The minimum absolute atomic E-state index is 0.147. The molecule has 1 aromatic rings. The van der Waals surface area contributed by atoms with Gasteiger partial charge in [-0.3, -0.25) is 10.1 Å². The van der Waals surface area contributed by atoms with E-state index in [1.807, 2.05) is 6.07 Å². The van der Waals surface area contributed by atoms with Gasteiger partial charge >= 0.3 is 0 Å². The van der Waals surface area contributed by atoms with Crippen molar-refractivity contribution in [1.82, 2.24) is 0 Å². The Kier molecular flexibility index (Phi) is 5.59. The third kappa shape index (κ3) is 3.45. The number of nitro groups is 1. The summed E-state index contributed by atoms with van der Waals surface area (Å²) < 4.78 is 0. The molecule has 0 fully saturated rings. The molecule has 0 aliphatic rings. The molecule has 0 N–H and O–H groups in total. The highest BCUT2D eigenvalue weighted by molar-refractivity contribution is 9.08. The number of hydrogen-bond acceptors (Lipinski definition) is 3. The van der Waals surface area contributed by atoms with E-state index < -0.39 is 0 Å². The largest absolute Gasteiger partial charge is 0.369 e. The standard InChI is InChI=1S/C13H19BrN2O2/c1-4-7-15(10(2)3)13-6-5-12(16(17)18)8-11(13)9-14/h5-6,8,10H,4,7,9H2,1-3H3. The molecule has 18 heavy (non-hydrogen) atoms. The fraction of sp³-hybridized carbons (Fsp3) is 0.538. The molecule has 0 aromatic heterocycles. The smallest absolute Gasteiger partial charge is 0.269 e. The molecular weight excluding hydrogens is 296 g/mol. The Labute approximate surface area is 116 Å². The molecule has 0 unspecified atom stereocenters. The highest BCUT2D eigenvalue weighted by Crippen LogP contribution is 2.28. The molecule has 1 aromatic carbocycles. The van der Waals surface area contributed by atoms with Crippen molar-refractivity contribution < 1.29 is 4.92 Å². The molecule has 1 rings (SSSR count). The average molecular weight is 315 g/mol. The average Bonchev–Trinajstić information content (AvgIpc) is 2.34. The van der Waals surface area contributed by atoms with Gasteiger partial charge in [0, 0.05) is 35.7 Å². The van der Waals surface area contributed by atoms with Crippen LogP contribution in [-0.2, 0) is 5.33 Å². The minimum atomic E-state index is -0.352. The summed E-state index contributed by atoms with van der Waals surface area (Å²) in [6.07, 6.45) is 1.05. The summed E-state index contributed by atoms with van der Waals surface area (Å²) >= 11 is 3.41. The Morgan fingerprint density at radius 1 is 1.44 bits per heavy atom. The maximum absolute atomic E-state index is 10.8. The highest BCUT2D eigenvalue weighted by atomic mass is 79.9. The summed E-state index contributed by atoms with van der Waals surface area (Å²) in [7, 11) is 0. The Balaban J connectivity index is 3.17. The lowest BCUT2D eigenvalue weighted by Gasteiger charge is -2.30. The van der Waals surface area contributed by atoms with Gasteiger partial charge in [-0.25, -0.2) is 0 Å². The lowest BCUT2D eigenvalue weighted by molar-refractivity contribution is -0.384. The van der Waals surface area contributed by atoms with E-state index in [4.69, 9.17) is 0 Å². The van der Waals surface area contributed by atoms with Crippen LogP contribution in [0.15, 0.2) is 18.2 Å². The minimum Gasteiger partial charge on any atom is -0.369 e. The Morgan fingerprint density at radius 2 is 2.11 bits per heavy atom. The first-order valence-corrected chi connectivity index (χ1v) is 7.23. The Morgan fingerprint density at radius 3 is 2.56 bits per heavy atom. The van der Waals surface area contributed by atoms with Gasteiger partial charge in [0.15, 0.2) is 0 Å². The van der Waals surface area contributed by atoms with Gasteiger partial charge in [-0.05, 0) is 31.9 Å². The summed E-state index contributed by atoms with van der Waals surface area (Å²) in [4.78, 5) is 12.7. The first kappa shape index (κ1) is 15.0. The van der Waals surface area contributed by atoms with Crippen molar-refractivity contribution in [1.29, 1.82) is 0 Å². The molecule has 0 saturated heterocycles. The van der Waals surface area contributed by atoms with Crippen molar-refractivity contribution in [2.75, 3.05) is 11.4 Å². The second-order valence-electron chi connectivity index (χ2n) is 4.49. The van der Waals surface area contributed by atoms with Crippen LogP contribution in [0.4, 0.5) is 11.4 Å². The zero-order chi connectivity index (χ0) is 13.7. The van der Waals surface area contributed by atoms with Crippen molar-refractivity contribution in [2.45, 2.75) is 38.6 Å². The van der Waals surface area contributed by atoms with E-state index in [0.717, 1.165) is 24.2 Å². The molecule has 5 heteroatoms. The van der Waals surface area contributed by atoms with Gasteiger partial charge in [-0.1, -0.05) is 22.9 Å². The second-order valence-corrected chi connectivity index (χ2v) is 5.05.